The van der Waals surface area contributed by atoms with Crippen LogP contribution in [0.25, 0.3) is 11.4 Å². The van der Waals surface area contributed by atoms with Crippen LogP contribution in [-0.4, -0.2) is 16.7 Å². The molecule has 0 aliphatic rings. The van der Waals surface area contributed by atoms with Gasteiger partial charge in [-0.3, -0.25) is 0 Å². The standard InChI is InChI=1S/C16H14FN3O/c17-13-6-4-5-12(11-13)16-19-15(21-20-16)9-10-18-14-7-2-1-3-8-14/h1-8,11,18H,9-10H2. The summed E-state index contributed by atoms with van der Waals surface area (Å²) in [5.74, 6) is 0.617. The molecule has 5 heteroatoms. The van der Waals surface area contributed by atoms with Crippen molar-refractivity contribution in [2.24, 2.45) is 0 Å². The lowest BCUT2D eigenvalue weighted by atomic mass is 10.2. The van der Waals surface area contributed by atoms with E-state index in [-0.39, 0.29) is 5.82 Å². The second-order valence-corrected chi connectivity index (χ2v) is 4.56. The fourth-order valence-electron chi connectivity index (χ4n) is 1.97. The maximum Gasteiger partial charge on any atom is 0.228 e. The number of halogens is 1. The van der Waals surface area contributed by atoms with Crippen molar-refractivity contribution in [3.05, 3.63) is 66.3 Å². The molecule has 21 heavy (non-hydrogen) atoms. The fourth-order valence-corrected chi connectivity index (χ4v) is 1.97. The smallest absolute Gasteiger partial charge is 0.228 e. The van der Waals surface area contributed by atoms with Crippen LogP contribution >= 0.6 is 0 Å². The fraction of sp³-hybridized carbons (Fsp3) is 0.125. The first-order valence-electron chi connectivity index (χ1n) is 6.69. The molecule has 0 unspecified atom stereocenters. The number of hydrogen-bond donors (Lipinski definition) is 1. The van der Waals surface area contributed by atoms with Crippen LogP contribution in [0.5, 0.6) is 0 Å². The highest BCUT2D eigenvalue weighted by Gasteiger charge is 2.08. The lowest BCUT2D eigenvalue weighted by molar-refractivity contribution is 0.381. The SMILES string of the molecule is Fc1cccc(-c2noc(CCNc3ccccc3)n2)c1. The lowest BCUT2D eigenvalue weighted by Gasteiger charge is -2.02. The van der Waals surface area contributed by atoms with Crippen LogP contribution in [0, 0.1) is 5.82 Å². The van der Waals surface area contributed by atoms with Gasteiger partial charge in [-0.2, -0.15) is 4.98 Å². The zero-order valence-electron chi connectivity index (χ0n) is 11.3. The van der Waals surface area contributed by atoms with Crippen LogP contribution < -0.4 is 5.32 Å². The molecule has 0 amide bonds. The number of nitrogens with one attached hydrogen (secondary N) is 1. The Balaban J connectivity index is 1.60. The van der Waals surface area contributed by atoms with Crippen molar-refractivity contribution in [2.75, 3.05) is 11.9 Å². The Kier molecular flexibility index (Phi) is 3.91. The van der Waals surface area contributed by atoms with Gasteiger partial charge >= 0.3 is 0 Å². The monoisotopic (exact) mass is 283 g/mol. The van der Waals surface area contributed by atoms with Gasteiger partial charge in [0.15, 0.2) is 0 Å². The van der Waals surface area contributed by atoms with Gasteiger partial charge in [-0.25, -0.2) is 4.39 Å². The van der Waals surface area contributed by atoms with Crippen LogP contribution in [0.4, 0.5) is 10.1 Å². The zero-order valence-corrected chi connectivity index (χ0v) is 11.3. The van der Waals surface area contributed by atoms with Gasteiger partial charge in [-0.05, 0) is 24.3 Å². The number of rotatable bonds is 5. The largest absolute Gasteiger partial charge is 0.385 e. The second kappa shape index (κ2) is 6.17. The second-order valence-electron chi connectivity index (χ2n) is 4.56. The van der Waals surface area contributed by atoms with Crippen molar-refractivity contribution >= 4 is 5.69 Å². The van der Waals surface area contributed by atoms with Crippen LogP contribution in [0.1, 0.15) is 5.89 Å². The molecule has 0 fully saturated rings. The van der Waals surface area contributed by atoms with E-state index in [0.29, 0.717) is 30.2 Å². The van der Waals surface area contributed by atoms with Gasteiger partial charge in [0.1, 0.15) is 5.82 Å². The molecular formula is C16H14FN3O. The summed E-state index contributed by atoms with van der Waals surface area (Å²) in [6.45, 7) is 0.689. The average Bonchev–Trinajstić information content (AvgIpc) is 2.97. The molecule has 0 aliphatic heterocycles. The van der Waals surface area contributed by atoms with Gasteiger partial charge in [-0.1, -0.05) is 35.5 Å². The van der Waals surface area contributed by atoms with E-state index in [9.17, 15) is 4.39 Å². The number of hydrogen-bond acceptors (Lipinski definition) is 4. The van der Waals surface area contributed by atoms with Gasteiger partial charge in [0, 0.05) is 24.2 Å². The third-order valence-corrected chi connectivity index (χ3v) is 2.99. The molecule has 1 aromatic heterocycles. The highest BCUT2D eigenvalue weighted by atomic mass is 19.1. The Morgan fingerprint density at radius 1 is 1.05 bits per heavy atom. The molecule has 0 bridgehead atoms. The maximum atomic E-state index is 13.2. The Labute approximate surface area is 121 Å². The third-order valence-electron chi connectivity index (χ3n) is 2.99. The van der Waals surface area contributed by atoms with E-state index in [4.69, 9.17) is 4.52 Å². The molecule has 3 aromatic rings. The Bertz CT molecular complexity index is 712. The number of para-hydroxylation sites is 1. The van der Waals surface area contributed by atoms with Gasteiger partial charge in [-0.15, -0.1) is 0 Å². The van der Waals surface area contributed by atoms with Crippen molar-refractivity contribution in [1.29, 1.82) is 0 Å². The average molecular weight is 283 g/mol. The minimum atomic E-state index is -0.315. The van der Waals surface area contributed by atoms with Crippen LogP contribution in [0.15, 0.2) is 59.1 Å². The molecule has 0 aliphatic carbocycles. The first-order chi connectivity index (χ1) is 10.3. The van der Waals surface area contributed by atoms with Gasteiger partial charge < -0.3 is 9.84 Å². The summed E-state index contributed by atoms with van der Waals surface area (Å²) in [7, 11) is 0. The summed E-state index contributed by atoms with van der Waals surface area (Å²) in [4.78, 5) is 4.27. The first-order valence-corrected chi connectivity index (χ1v) is 6.69. The van der Waals surface area contributed by atoms with E-state index in [1.54, 1.807) is 12.1 Å². The molecule has 0 saturated carbocycles. The molecule has 1 N–H and O–H groups in total. The molecule has 2 aromatic carbocycles. The molecule has 1 heterocycles. The topological polar surface area (TPSA) is 51.0 Å². The maximum absolute atomic E-state index is 13.2. The zero-order chi connectivity index (χ0) is 14.5. The third kappa shape index (κ3) is 3.45. The molecule has 0 radical (unpaired) electrons. The van der Waals surface area contributed by atoms with Crippen molar-refractivity contribution in [1.82, 2.24) is 10.1 Å². The van der Waals surface area contributed by atoms with Crippen LogP contribution in [0.3, 0.4) is 0 Å². The predicted octanol–water partition coefficient (Wildman–Crippen LogP) is 3.53. The molecule has 0 atom stereocenters. The van der Waals surface area contributed by atoms with E-state index in [1.807, 2.05) is 30.3 Å². The summed E-state index contributed by atoms with van der Waals surface area (Å²) in [5, 5.41) is 7.14. The van der Waals surface area contributed by atoms with Gasteiger partial charge in [0.25, 0.3) is 0 Å². The van der Waals surface area contributed by atoms with Crippen molar-refractivity contribution in [3.63, 3.8) is 0 Å². The minimum absolute atomic E-state index is 0.315. The molecule has 4 nitrogen and oxygen atoms in total. The van der Waals surface area contributed by atoms with E-state index in [0.717, 1.165) is 5.69 Å². The summed E-state index contributed by atoms with van der Waals surface area (Å²) in [6, 6.07) is 16.0. The minimum Gasteiger partial charge on any atom is -0.385 e. The van der Waals surface area contributed by atoms with E-state index in [2.05, 4.69) is 15.5 Å². The molecule has 106 valence electrons. The van der Waals surface area contributed by atoms with Crippen LogP contribution in [0.2, 0.25) is 0 Å². The Morgan fingerprint density at radius 2 is 1.90 bits per heavy atom. The van der Waals surface area contributed by atoms with Gasteiger partial charge in [0.05, 0.1) is 0 Å². The summed E-state index contributed by atoms with van der Waals surface area (Å²) < 4.78 is 18.3. The molecular weight excluding hydrogens is 269 g/mol. The quantitative estimate of drug-likeness (QED) is 0.778. The van der Waals surface area contributed by atoms with Crippen molar-refractivity contribution in [3.8, 4) is 11.4 Å². The predicted molar refractivity (Wildman–Crippen MR) is 78.3 cm³/mol. The number of benzene rings is 2. The first kappa shape index (κ1) is 13.3. The normalized spacial score (nSPS) is 10.5. The van der Waals surface area contributed by atoms with E-state index >= 15 is 0 Å². The highest BCUT2D eigenvalue weighted by Crippen LogP contribution is 2.16. The Hall–Kier alpha value is -2.69. The summed E-state index contributed by atoms with van der Waals surface area (Å²) in [6.07, 6.45) is 0.608. The molecule has 0 spiro atoms. The van der Waals surface area contributed by atoms with E-state index in [1.165, 1.54) is 12.1 Å². The number of aromatic nitrogens is 2. The molecule has 0 saturated heterocycles. The van der Waals surface area contributed by atoms with Crippen LogP contribution in [-0.2, 0) is 6.42 Å². The summed E-state index contributed by atoms with van der Waals surface area (Å²) in [5.41, 5.74) is 1.66. The van der Waals surface area contributed by atoms with Crippen molar-refractivity contribution in [2.45, 2.75) is 6.42 Å². The molecule has 3 rings (SSSR count). The van der Waals surface area contributed by atoms with Gasteiger partial charge in [0.2, 0.25) is 11.7 Å². The number of nitrogens with zero attached hydrogens (tertiary/aromatic N) is 2. The van der Waals surface area contributed by atoms with Crippen molar-refractivity contribution < 1.29 is 8.91 Å². The lowest BCUT2D eigenvalue weighted by Crippen LogP contribution is -2.04. The summed E-state index contributed by atoms with van der Waals surface area (Å²) >= 11 is 0. The number of anilines is 1. The highest BCUT2D eigenvalue weighted by molar-refractivity contribution is 5.53. The van der Waals surface area contributed by atoms with E-state index < -0.39 is 0 Å². The Morgan fingerprint density at radius 3 is 2.71 bits per heavy atom.